The van der Waals surface area contributed by atoms with Gasteiger partial charge in [-0.05, 0) is 25.5 Å². The van der Waals surface area contributed by atoms with Gasteiger partial charge >= 0.3 is 0 Å². The molecule has 0 radical (unpaired) electrons. The fourth-order valence-electron chi connectivity index (χ4n) is 1.67. The van der Waals surface area contributed by atoms with Crippen molar-refractivity contribution in [2.24, 2.45) is 0 Å². The number of hydrogen-bond donors (Lipinski definition) is 2. The van der Waals surface area contributed by atoms with Crippen LogP contribution in [0, 0.1) is 0 Å². The molecule has 0 saturated carbocycles. The van der Waals surface area contributed by atoms with Crippen LogP contribution in [0.4, 0.5) is 5.69 Å². The van der Waals surface area contributed by atoms with Gasteiger partial charge in [-0.1, -0.05) is 11.6 Å². The number of hydrogen-bond acceptors (Lipinski definition) is 3. The second-order valence-corrected chi connectivity index (χ2v) is 3.71. The van der Waals surface area contributed by atoms with Crippen molar-refractivity contribution in [3.63, 3.8) is 0 Å². The van der Waals surface area contributed by atoms with Gasteiger partial charge in [-0.2, -0.15) is 0 Å². The fourth-order valence-corrected chi connectivity index (χ4v) is 1.84. The van der Waals surface area contributed by atoms with Crippen molar-refractivity contribution in [1.82, 2.24) is 10.3 Å². The zero-order valence-corrected chi connectivity index (χ0v) is 8.01. The first kappa shape index (κ1) is 8.78. The minimum Gasteiger partial charge on any atom is -0.397 e. The first-order valence-electron chi connectivity index (χ1n) is 4.41. The molecular formula is C9H12ClN3. The molecule has 1 saturated heterocycles. The van der Waals surface area contributed by atoms with E-state index < -0.39 is 0 Å². The van der Waals surface area contributed by atoms with E-state index in [0.717, 1.165) is 18.7 Å². The lowest BCUT2D eigenvalue weighted by Gasteiger charge is -2.11. The van der Waals surface area contributed by atoms with Crippen molar-refractivity contribution in [3.8, 4) is 0 Å². The Morgan fingerprint density at radius 3 is 3.08 bits per heavy atom. The summed E-state index contributed by atoms with van der Waals surface area (Å²) in [6.07, 6.45) is 3.94. The van der Waals surface area contributed by atoms with E-state index in [9.17, 15) is 0 Å². The molecule has 1 aliphatic heterocycles. The summed E-state index contributed by atoms with van der Waals surface area (Å²) in [5.41, 5.74) is 7.43. The van der Waals surface area contributed by atoms with E-state index in [4.69, 9.17) is 17.3 Å². The first-order chi connectivity index (χ1) is 6.27. The van der Waals surface area contributed by atoms with Crippen LogP contribution < -0.4 is 11.1 Å². The minimum absolute atomic E-state index is 0.317. The third kappa shape index (κ3) is 1.76. The SMILES string of the molecule is Nc1cc(Cl)cnc1C1CCCN1. The van der Waals surface area contributed by atoms with Crippen LogP contribution in [0.1, 0.15) is 24.6 Å². The van der Waals surface area contributed by atoms with Gasteiger partial charge in [0, 0.05) is 6.20 Å². The third-order valence-electron chi connectivity index (χ3n) is 2.31. The molecule has 0 spiro atoms. The molecule has 2 heterocycles. The Bertz CT molecular complexity index is 308. The summed E-state index contributed by atoms with van der Waals surface area (Å²) < 4.78 is 0. The summed E-state index contributed by atoms with van der Waals surface area (Å²) in [6, 6.07) is 2.07. The highest BCUT2D eigenvalue weighted by atomic mass is 35.5. The van der Waals surface area contributed by atoms with Gasteiger partial charge in [-0.25, -0.2) is 0 Å². The number of nitrogens with one attached hydrogen (secondary N) is 1. The fraction of sp³-hybridized carbons (Fsp3) is 0.444. The van der Waals surface area contributed by atoms with Gasteiger partial charge < -0.3 is 11.1 Å². The summed E-state index contributed by atoms with van der Waals surface area (Å²) in [4.78, 5) is 4.24. The summed E-state index contributed by atoms with van der Waals surface area (Å²) in [7, 11) is 0. The molecule has 13 heavy (non-hydrogen) atoms. The van der Waals surface area contributed by atoms with Crippen molar-refractivity contribution in [2.75, 3.05) is 12.3 Å². The van der Waals surface area contributed by atoms with E-state index in [0.29, 0.717) is 16.8 Å². The standard InChI is InChI=1S/C9H12ClN3/c10-6-4-7(11)9(13-5-6)8-2-1-3-12-8/h4-5,8,12H,1-3,11H2. The van der Waals surface area contributed by atoms with Crippen molar-refractivity contribution in [1.29, 1.82) is 0 Å². The van der Waals surface area contributed by atoms with Crippen molar-refractivity contribution >= 4 is 17.3 Å². The summed E-state index contributed by atoms with van der Waals surface area (Å²) in [6.45, 7) is 1.05. The van der Waals surface area contributed by atoms with E-state index in [2.05, 4.69) is 10.3 Å². The van der Waals surface area contributed by atoms with Gasteiger partial charge in [0.2, 0.25) is 0 Å². The minimum atomic E-state index is 0.317. The zero-order chi connectivity index (χ0) is 9.26. The second-order valence-electron chi connectivity index (χ2n) is 3.28. The Balaban J connectivity index is 2.29. The highest BCUT2D eigenvalue weighted by Crippen LogP contribution is 2.26. The molecule has 3 N–H and O–H groups in total. The lowest BCUT2D eigenvalue weighted by atomic mass is 10.1. The Hall–Kier alpha value is -0.800. The summed E-state index contributed by atoms with van der Waals surface area (Å²) in [5.74, 6) is 0. The number of anilines is 1. The van der Waals surface area contributed by atoms with Crippen LogP contribution in [0.15, 0.2) is 12.3 Å². The molecule has 70 valence electrons. The van der Waals surface area contributed by atoms with Crippen molar-refractivity contribution in [3.05, 3.63) is 23.0 Å². The van der Waals surface area contributed by atoms with Gasteiger partial charge in [0.15, 0.2) is 0 Å². The number of aromatic nitrogens is 1. The third-order valence-corrected chi connectivity index (χ3v) is 2.51. The number of nitrogens with zero attached hydrogens (tertiary/aromatic N) is 1. The molecule has 1 unspecified atom stereocenters. The molecule has 0 amide bonds. The zero-order valence-electron chi connectivity index (χ0n) is 7.26. The second kappa shape index (κ2) is 3.52. The smallest absolute Gasteiger partial charge is 0.0803 e. The predicted octanol–water partition coefficient (Wildman–Crippen LogP) is 1.74. The maximum absolute atomic E-state index is 5.81. The van der Waals surface area contributed by atoms with E-state index in [-0.39, 0.29) is 0 Å². The Labute approximate surface area is 82.3 Å². The van der Waals surface area contributed by atoms with Crippen LogP contribution >= 0.6 is 11.6 Å². The van der Waals surface area contributed by atoms with Crippen molar-refractivity contribution in [2.45, 2.75) is 18.9 Å². The molecule has 3 nitrogen and oxygen atoms in total. The van der Waals surface area contributed by atoms with E-state index in [1.165, 1.54) is 6.42 Å². The first-order valence-corrected chi connectivity index (χ1v) is 4.79. The lowest BCUT2D eigenvalue weighted by molar-refractivity contribution is 0.630. The highest BCUT2D eigenvalue weighted by molar-refractivity contribution is 6.30. The topological polar surface area (TPSA) is 50.9 Å². The predicted molar refractivity (Wildman–Crippen MR) is 53.6 cm³/mol. The summed E-state index contributed by atoms with van der Waals surface area (Å²) >= 11 is 5.76. The van der Waals surface area contributed by atoms with E-state index >= 15 is 0 Å². The number of nitrogen functional groups attached to an aromatic ring is 1. The Morgan fingerprint density at radius 1 is 1.62 bits per heavy atom. The molecule has 2 rings (SSSR count). The Morgan fingerprint density at radius 2 is 2.46 bits per heavy atom. The molecular weight excluding hydrogens is 186 g/mol. The van der Waals surface area contributed by atoms with Crippen LogP contribution in [-0.4, -0.2) is 11.5 Å². The molecule has 0 aliphatic carbocycles. The van der Waals surface area contributed by atoms with Crippen LogP contribution in [0.5, 0.6) is 0 Å². The highest BCUT2D eigenvalue weighted by Gasteiger charge is 2.19. The normalized spacial score (nSPS) is 22.1. The largest absolute Gasteiger partial charge is 0.397 e. The number of rotatable bonds is 1. The molecule has 4 heteroatoms. The van der Waals surface area contributed by atoms with Gasteiger partial charge in [-0.3, -0.25) is 4.98 Å². The van der Waals surface area contributed by atoms with E-state index in [1.807, 2.05) is 0 Å². The van der Waals surface area contributed by atoms with Crippen LogP contribution in [0.2, 0.25) is 5.02 Å². The van der Waals surface area contributed by atoms with Gasteiger partial charge in [-0.15, -0.1) is 0 Å². The molecule has 1 aromatic rings. The van der Waals surface area contributed by atoms with E-state index in [1.54, 1.807) is 12.3 Å². The molecule has 1 atom stereocenters. The average molecular weight is 198 g/mol. The maximum atomic E-state index is 5.81. The monoisotopic (exact) mass is 197 g/mol. The van der Waals surface area contributed by atoms with Gasteiger partial charge in [0.05, 0.1) is 22.4 Å². The van der Waals surface area contributed by atoms with Crippen LogP contribution in [-0.2, 0) is 0 Å². The maximum Gasteiger partial charge on any atom is 0.0803 e. The lowest BCUT2D eigenvalue weighted by Crippen LogP contribution is -2.15. The number of nitrogens with two attached hydrogens (primary N) is 1. The Kier molecular flexibility index (Phi) is 2.38. The molecule has 0 aromatic carbocycles. The quantitative estimate of drug-likeness (QED) is 0.721. The molecule has 1 fully saturated rings. The van der Waals surface area contributed by atoms with Crippen LogP contribution in [0.3, 0.4) is 0 Å². The summed E-state index contributed by atoms with van der Waals surface area (Å²) in [5, 5.41) is 3.94. The van der Waals surface area contributed by atoms with Gasteiger partial charge in [0.25, 0.3) is 0 Å². The average Bonchev–Trinajstić information content (AvgIpc) is 2.56. The molecule has 0 bridgehead atoms. The number of halogens is 1. The van der Waals surface area contributed by atoms with Crippen molar-refractivity contribution < 1.29 is 0 Å². The molecule has 1 aromatic heterocycles. The van der Waals surface area contributed by atoms with Gasteiger partial charge in [0.1, 0.15) is 0 Å². The molecule has 1 aliphatic rings. The number of pyridine rings is 1. The van der Waals surface area contributed by atoms with Crippen LogP contribution in [0.25, 0.3) is 0 Å².